The first-order chi connectivity index (χ1) is 14.0. The van der Waals surface area contributed by atoms with Crippen molar-refractivity contribution in [3.05, 3.63) is 18.0 Å². The van der Waals surface area contributed by atoms with E-state index in [1.54, 1.807) is 6.07 Å². The molecule has 2 aromatic rings. The summed E-state index contributed by atoms with van der Waals surface area (Å²) in [5, 5.41) is 3.58. The maximum absolute atomic E-state index is 13.4. The number of hydrogen-bond acceptors (Lipinski definition) is 7. The summed E-state index contributed by atoms with van der Waals surface area (Å²) in [7, 11) is 0. The van der Waals surface area contributed by atoms with E-state index in [9.17, 15) is 13.2 Å². The number of alkyl halides is 3. The third-order valence-corrected chi connectivity index (χ3v) is 5.41. The first kappa shape index (κ1) is 20.9. The monoisotopic (exact) mass is 426 g/mol. The molecule has 164 valence electrons. The molecule has 10 heteroatoms. The maximum Gasteiger partial charge on any atom is 0.451 e. The second kappa shape index (κ2) is 7.42. The van der Waals surface area contributed by atoms with Crippen molar-refractivity contribution in [2.75, 3.05) is 31.7 Å². The zero-order chi connectivity index (χ0) is 21.7. The number of rotatable bonds is 4. The molecule has 7 nitrogen and oxygen atoms in total. The van der Waals surface area contributed by atoms with Gasteiger partial charge in [-0.3, -0.25) is 4.90 Å². The molecule has 0 radical (unpaired) electrons. The van der Waals surface area contributed by atoms with Gasteiger partial charge in [0.1, 0.15) is 5.82 Å². The van der Waals surface area contributed by atoms with Gasteiger partial charge in [0, 0.05) is 36.6 Å². The average Bonchev–Trinajstić information content (AvgIpc) is 3.10. The average molecular weight is 426 g/mol. The van der Waals surface area contributed by atoms with Crippen LogP contribution in [0.2, 0.25) is 0 Å². The molecule has 1 aromatic carbocycles. The van der Waals surface area contributed by atoms with Crippen LogP contribution in [0.1, 0.15) is 33.5 Å². The van der Waals surface area contributed by atoms with Crippen molar-refractivity contribution >= 4 is 16.7 Å². The highest BCUT2D eigenvalue weighted by Gasteiger charge is 2.37. The summed E-state index contributed by atoms with van der Waals surface area (Å²) in [6.07, 6.45) is -4.49. The smallest absolute Gasteiger partial charge is 0.451 e. The van der Waals surface area contributed by atoms with E-state index in [1.807, 2.05) is 27.7 Å². The molecule has 0 amide bonds. The first-order valence-electron chi connectivity index (χ1n) is 9.86. The number of ether oxygens (including phenoxy) is 3. The predicted molar refractivity (Wildman–Crippen MR) is 105 cm³/mol. The van der Waals surface area contributed by atoms with Gasteiger partial charge in [0.15, 0.2) is 11.5 Å². The summed E-state index contributed by atoms with van der Waals surface area (Å²) in [5.74, 6) is -0.239. The molecule has 2 unspecified atom stereocenters. The minimum atomic E-state index is -4.66. The molecule has 0 bridgehead atoms. The Kier molecular flexibility index (Phi) is 5.17. The van der Waals surface area contributed by atoms with Crippen LogP contribution in [0.15, 0.2) is 12.1 Å². The van der Waals surface area contributed by atoms with E-state index >= 15 is 0 Å². The topological polar surface area (TPSA) is 68.7 Å². The van der Waals surface area contributed by atoms with E-state index in [0.717, 1.165) is 13.1 Å². The number of aromatic nitrogens is 2. The maximum atomic E-state index is 13.4. The van der Waals surface area contributed by atoms with Gasteiger partial charge in [0.05, 0.1) is 17.7 Å². The summed E-state index contributed by atoms with van der Waals surface area (Å²) < 4.78 is 56.6. The first-order valence-corrected chi connectivity index (χ1v) is 9.86. The molecular formula is C20H25F3N4O3. The van der Waals surface area contributed by atoms with Gasteiger partial charge in [-0.25, -0.2) is 9.97 Å². The fourth-order valence-corrected chi connectivity index (χ4v) is 3.86. The van der Waals surface area contributed by atoms with Crippen LogP contribution >= 0.6 is 0 Å². The molecule has 4 rings (SSSR count). The van der Waals surface area contributed by atoms with Crippen LogP contribution < -0.4 is 14.8 Å². The van der Waals surface area contributed by atoms with E-state index in [-0.39, 0.29) is 35.9 Å². The predicted octanol–water partition coefficient (Wildman–Crippen LogP) is 3.68. The summed E-state index contributed by atoms with van der Waals surface area (Å²) in [6.45, 7) is 10.0. The number of nitrogens with one attached hydrogen (secondary N) is 1. The lowest BCUT2D eigenvalue weighted by atomic mass is 10.00. The lowest BCUT2D eigenvalue weighted by Gasteiger charge is -2.45. The Morgan fingerprint density at radius 3 is 2.33 bits per heavy atom. The number of fused-ring (bicyclic) bond motifs is 2. The Hall–Kier alpha value is -2.33. The molecule has 2 atom stereocenters. The van der Waals surface area contributed by atoms with Crippen molar-refractivity contribution in [2.45, 2.75) is 51.6 Å². The fourth-order valence-electron chi connectivity index (χ4n) is 3.86. The van der Waals surface area contributed by atoms with Gasteiger partial charge in [0.25, 0.3) is 0 Å². The Morgan fingerprint density at radius 2 is 1.70 bits per heavy atom. The molecule has 1 aromatic heterocycles. The summed E-state index contributed by atoms with van der Waals surface area (Å²) in [5.41, 5.74) is -0.186. The van der Waals surface area contributed by atoms with E-state index in [1.165, 1.54) is 6.07 Å². The van der Waals surface area contributed by atoms with Gasteiger partial charge in [0.2, 0.25) is 12.6 Å². The number of nitrogens with zero attached hydrogens (tertiary/aromatic N) is 3. The molecule has 2 aliphatic heterocycles. The third-order valence-electron chi connectivity index (χ3n) is 5.41. The molecule has 0 aliphatic carbocycles. The van der Waals surface area contributed by atoms with Crippen molar-refractivity contribution in [3.8, 4) is 11.5 Å². The number of halogens is 3. The largest absolute Gasteiger partial charge is 0.454 e. The lowest BCUT2D eigenvalue weighted by Crippen LogP contribution is -2.57. The van der Waals surface area contributed by atoms with Crippen LogP contribution in [0, 0.1) is 0 Å². The minimum Gasteiger partial charge on any atom is -0.454 e. The molecule has 1 fully saturated rings. The second-order valence-corrected chi connectivity index (χ2v) is 8.44. The molecule has 1 N–H and O–H groups in total. The molecule has 3 heterocycles. The van der Waals surface area contributed by atoms with Gasteiger partial charge in [-0.1, -0.05) is 0 Å². The molecule has 2 aliphatic rings. The van der Waals surface area contributed by atoms with Crippen LogP contribution in [0.4, 0.5) is 19.0 Å². The Morgan fingerprint density at radius 1 is 1.07 bits per heavy atom. The molecule has 1 saturated heterocycles. The molecule has 30 heavy (non-hydrogen) atoms. The quantitative estimate of drug-likeness (QED) is 0.800. The number of benzene rings is 1. The summed E-state index contributed by atoms with van der Waals surface area (Å²) >= 11 is 0. The van der Waals surface area contributed by atoms with Gasteiger partial charge >= 0.3 is 6.18 Å². The van der Waals surface area contributed by atoms with Gasteiger partial charge < -0.3 is 19.5 Å². The second-order valence-electron chi connectivity index (χ2n) is 8.44. The van der Waals surface area contributed by atoms with Crippen LogP contribution in [-0.4, -0.2) is 59.0 Å². The van der Waals surface area contributed by atoms with Crippen LogP contribution in [-0.2, 0) is 10.9 Å². The van der Waals surface area contributed by atoms with Gasteiger partial charge in [-0.2, -0.15) is 13.2 Å². The third kappa shape index (κ3) is 4.11. The zero-order valence-electron chi connectivity index (χ0n) is 17.3. The highest BCUT2D eigenvalue weighted by atomic mass is 19.4. The Labute approximate surface area is 172 Å². The molecular weight excluding hydrogens is 401 g/mol. The van der Waals surface area contributed by atoms with Crippen molar-refractivity contribution in [2.24, 2.45) is 0 Å². The Balaban J connectivity index is 1.65. The normalized spacial score (nSPS) is 22.5. The van der Waals surface area contributed by atoms with Gasteiger partial charge in [-0.15, -0.1) is 0 Å². The highest BCUT2D eigenvalue weighted by molar-refractivity contribution is 5.92. The van der Waals surface area contributed by atoms with E-state index < -0.39 is 12.0 Å². The minimum absolute atomic E-state index is 0.0222. The van der Waals surface area contributed by atoms with E-state index in [2.05, 4.69) is 20.2 Å². The summed E-state index contributed by atoms with van der Waals surface area (Å²) in [6, 6.07) is 3.07. The fraction of sp³-hybridized carbons (Fsp3) is 0.600. The SMILES string of the molecule is CC1CN(C(C)(C)CNc2nc(C(F)(F)F)nc3cc4c(cc23)OCO4)CC(C)O1. The zero-order valence-corrected chi connectivity index (χ0v) is 17.3. The van der Waals surface area contributed by atoms with Gasteiger partial charge in [-0.05, 0) is 33.8 Å². The van der Waals surface area contributed by atoms with Crippen molar-refractivity contribution in [3.63, 3.8) is 0 Å². The van der Waals surface area contributed by atoms with Crippen LogP contribution in [0.5, 0.6) is 11.5 Å². The summed E-state index contributed by atoms with van der Waals surface area (Å²) in [4.78, 5) is 9.77. The number of hydrogen-bond donors (Lipinski definition) is 1. The Bertz CT molecular complexity index is 941. The lowest BCUT2D eigenvalue weighted by molar-refractivity contribution is -0.144. The van der Waals surface area contributed by atoms with Crippen molar-refractivity contribution in [1.82, 2.24) is 14.9 Å². The number of morpholine rings is 1. The molecule has 0 saturated carbocycles. The van der Waals surface area contributed by atoms with E-state index in [0.29, 0.717) is 23.4 Å². The van der Waals surface area contributed by atoms with E-state index in [4.69, 9.17) is 14.2 Å². The number of anilines is 1. The van der Waals surface area contributed by atoms with Crippen LogP contribution in [0.25, 0.3) is 10.9 Å². The van der Waals surface area contributed by atoms with Crippen molar-refractivity contribution in [1.29, 1.82) is 0 Å². The standard InChI is InChI=1S/C20H25F3N4O3/c1-11-7-27(8-12(2)30-11)19(3,4)9-24-17-13-5-15-16(29-10-28-15)6-14(13)25-18(26-17)20(21,22)23/h5-6,11-12H,7-10H2,1-4H3,(H,24,25,26). The van der Waals surface area contributed by atoms with Crippen molar-refractivity contribution < 1.29 is 27.4 Å². The molecule has 0 spiro atoms. The highest BCUT2D eigenvalue weighted by Crippen LogP contribution is 2.39. The van der Waals surface area contributed by atoms with Crippen LogP contribution in [0.3, 0.4) is 0 Å².